The van der Waals surface area contributed by atoms with Gasteiger partial charge in [0.1, 0.15) is 23.9 Å². The molecule has 0 bridgehead atoms. The van der Waals surface area contributed by atoms with E-state index in [9.17, 15) is 29.4 Å². The van der Waals surface area contributed by atoms with Crippen LogP contribution in [-0.4, -0.2) is 78.0 Å². The van der Waals surface area contributed by atoms with Gasteiger partial charge in [0.05, 0.1) is 12.4 Å². The number of amides is 3. The average molecular weight is 691 g/mol. The molecule has 6 rings (SSSR count). The fourth-order valence-electron chi connectivity index (χ4n) is 6.08. The van der Waals surface area contributed by atoms with E-state index in [2.05, 4.69) is 35.9 Å². The molecule has 0 spiro atoms. The van der Waals surface area contributed by atoms with Crippen LogP contribution >= 0.6 is 0 Å². The number of carboxylic acid groups (broad SMARTS) is 1. The van der Waals surface area contributed by atoms with Crippen molar-refractivity contribution in [1.82, 2.24) is 35.9 Å². The van der Waals surface area contributed by atoms with Gasteiger partial charge in [0, 0.05) is 71.8 Å². The zero-order chi connectivity index (χ0) is 35.9. The van der Waals surface area contributed by atoms with Gasteiger partial charge in [-0.1, -0.05) is 48.5 Å². The lowest BCUT2D eigenvalue weighted by atomic mass is 10.0. The van der Waals surface area contributed by atoms with E-state index in [-0.39, 0.29) is 31.4 Å². The number of phenols is 1. The first-order valence-corrected chi connectivity index (χ1v) is 16.4. The first-order chi connectivity index (χ1) is 24.6. The number of nitrogens with one attached hydrogen (secondary N) is 6. The number of carbonyl (C=O) groups excluding carboxylic acids is 3. The normalized spacial score (nSPS) is 13.7. The van der Waals surface area contributed by atoms with Crippen molar-refractivity contribution in [2.45, 2.75) is 49.9 Å². The average Bonchev–Trinajstić information content (AvgIpc) is 3.89. The number of aromatic amines is 3. The van der Waals surface area contributed by atoms with Gasteiger partial charge >= 0.3 is 5.97 Å². The number of para-hydroxylation sites is 2. The van der Waals surface area contributed by atoms with Gasteiger partial charge in [0.15, 0.2) is 0 Å². The molecule has 0 aliphatic rings. The van der Waals surface area contributed by atoms with E-state index >= 15 is 0 Å². The number of carbonyl (C=O) groups is 4. The van der Waals surface area contributed by atoms with Crippen LogP contribution in [0.15, 0.2) is 97.7 Å². The number of phenolic OH excluding ortho intramolecular Hbond substituents is 1. The number of aromatic hydroxyl groups is 1. The molecule has 0 saturated carbocycles. The fourth-order valence-corrected chi connectivity index (χ4v) is 6.08. The van der Waals surface area contributed by atoms with Crippen LogP contribution in [0, 0.1) is 0 Å². The van der Waals surface area contributed by atoms with Crippen LogP contribution in [0.25, 0.3) is 21.8 Å². The second kappa shape index (κ2) is 15.4. The molecule has 3 heterocycles. The number of nitrogens with zero attached hydrogens (tertiary/aromatic N) is 1. The Bertz CT molecular complexity index is 2140. The molecule has 0 saturated heterocycles. The second-order valence-electron chi connectivity index (χ2n) is 12.4. The molecule has 14 nitrogen and oxygen atoms in total. The third-order valence-corrected chi connectivity index (χ3v) is 8.79. The second-order valence-corrected chi connectivity index (χ2v) is 12.4. The van der Waals surface area contributed by atoms with E-state index in [0.29, 0.717) is 16.8 Å². The highest BCUT2D eigenvalue weighted by Gasteiger charge is 2.32. The highest BCUT2D eigenvalue weighted by Crippen LogP contribution is 2.21. The Kier molecular flexibility index (Phi) is 10.4. The predicted octanol–water partition coefficient (Wildman–Crippen LogP) is 2.21. The van der Waals surface area contributed by atoms with E-state index < -0.39 is 47.9 Å². The van der Waals surface area contributed by atoms with Crippen LogP contribution in [0.2, 0.25) is 0 Å². The highest BCUT2D eigenvalue weighted by atomic mass is 16.4. The quantitative estimate of drug-likeness (QED) is 0.0774. The van der Waals surface area contributed by atoms with Gasteiger partial charge in [-0.3, -0.25) is 14.4 Å². The number of aromatic nitrogens is 4. The molecule has 0 aliphatic carbocycles. The van der Waals surface area contributed by atoms with Crippen LogP contribution in [0.4, 0.5) is 0 Å². The molecule has 0 radical (unpaired) electrons. The zero-order valence-electron chi connectivity index (χ0n) is 27.4. The lowest BCUT2D eigenvalue weighted by Gasteiger charge is -2.25. The lowest BCUT2D eigenvalue weighted by Crippen LogP contribution is -2.58. The summed E-state index contributed by atoms with van der Waals surface area (Å²) < 4.78 is 0. The number of aliphatic carboxylic acids is 1. The maximum atomic E-state index is 14.1. The van der Waals surface area contributed by atoms with Crippen LogP contribution in [0.3, 0.4) is 0 Å². The van der Waals surface area contributed by atoms with Gasteiger partial charge < -0.3 is 46.8 Å². The standard InChI is InChI=1S/C37H38N8O6/c38-28(16-24-19-39-20-42-24)34(47)43-32(14-22-17-40-29-7-3-1-5-26(22)29)36(49)44-31(13-21-9-11-25(46)12-10-21)35(48)45-33(37(50)51)15-23-18-41-30-8-4-2-6-27(23)30/h1-12,17-20,28,31-33,40-41,46H,13-16,38H2,(H,39,42)(H,43,47)(H,44,49)(H,45,48)(H,50,51). The molecule has 14 heteroatoms. The van der Waals surface area contributed by atoms with Gasteiger partial charge in [0.2, 0.25) is 17.7 Å². The van der Waals surface area contributed by atoms with Crippen LogP contribution in [-0.2, 0) is 44.9 Å². The number of carboxylic acids is 1. The molecule has 6 aromatic rings. The zero-order valence-corrected chi connectivity index (χ0v) is 27.4. The van der Waals surface area contributed by atoms with Crippen molar-refractivity contribution in [3.63, 3.8) is 0 Å². The first-order valence-electron chi connectivity index (χ1n) is 16.4. The van der Waals surface area contributed by atoms with E-state index in [1.54, 1.807) is 30.7 Å². The minimum absolute atomic E-state index is 0.0152. The summed E-state index contributed by atoms with van der Waals surface area (Å²) in [5, 5.41) is 29.8. The summed E-state index contributed by atoms with van der Waals surface area (Å²) in [5.74, 6) is -3.24. The molecular formula is C37H38N8O6. The van der Waals surface area contributed by atoms with Gasteiger partial charge in [-0.15, -0.1) is 0 Å². The van der Waals surface area contributed by atoms with Crippen molar-refractivity contribution in [1.29, 1.82) is 0 Å². The Labute approximate surface area is 291 Å². The Balaban J connectivity index is 1.25. The monoisotopic (exact) mass is 690 g/mol. The van der Waals surface area contributed by atoms with Crippen LogP contribution in [0.1, 0.15) is 22.4 Å². The van der Waals surface area contributed by atoms with E-state index in [4.69, 9.17) is 5.73 Å². The topological polar surface area (TPSA) is 231 Å². The van der Waals surface area contributed by atoms with E-state index in [1.807, 2.05) is 48.5 Å². The largest absolute Gasteiger partial charge is 0.508 e. The smallest absolute Gasteiger partial charge is 0.326 e. The Morgan fingerprint density at radius 2 is 1.20 bits per heavy atom. The predicted molar refractivity (Wildman–Crippen MR) is 190 cm³/mol. The summed E-state index contributed by atoms with van der Waals surface area (Å²) in [6.45, 7) is 0. The van der Waals surface area contributed by atoms with Crippen LogP contribution in [0.5, 0.6) is 5.75 Å². The van der Waals surface area contributed by atoms with Gasteiger partial charge in [0.25, 0.3) is 0 Å². The molecule has 4 atom stereocenters. The lowest BCUT2D eigenvalue weighted by molar-refractivity contribution is -0.142. The van der Waals surface area contributed by atoms with Gasteiger partial charge in [-0.05, 0) is 41.0 Å². The molecule has 4 unspecified atom stereocenters. The molecule has 10 N–H and O–H groups in total. The molecule has 51 heavy (non-hydrogen) atoms. The van der Waals surface area contributed by atoms with Crippen molar-refractivity contribution in [2.24, 2.45) is 5.73 Å². The summed E-state index contributed by atoms with van der Waals surface area (Å²) in [4.78, 5) is 67.0. The summed E-state index contributed by atoms with van der Waals surface area (Å²) in [6.07, 6.45) is 6.64. The SMILES string of the molecule is NC(Cc1cnc[nH]1)C(=O)NC(Cc1c[nH]c2ccccc12)C(=O)NC(Cc1ccc(O)cc1)C(=O)NC(Cc1c[nH]c2ccccc12)C(=O)O. The third kappa shape index (κ3) is 8.43. The van der Waals surface area contributed by atoms with E-state index in [0.717, 1.165) is 27.4 Å². The number of hydrogen-bond donors (Lipinski definition) is 9. The Morgan fingerprint density at radius 1 is 0.667 bits per heavy atom. The number of fused-ring (bicyclic) bond motifs is 2. The van der Waals surface area contributed by atoms with Crippen molar-refractivity contribution < 1.29 is 29.4 Å². The van der Waals surface area contributed by atoms with Gasteiger partial charge in [-0.25, -0.2) is 9.78 Å². The molecule has 3 aromatic carbocycles. The first kappa shape index (κ1) is 34.5. The highest BCUT2D eigenvalue weighted by molar-refractivity contribution is 5.95. The van der Waals surface area contributed by atoms with Crippen LogP contribution < -0.4 is 21.7 Å². The molecule has 262 valence electrons. The molecule has 3 amide bonds. The maximum absolute atomic E-state index is 14.1. The van der Waals surface area contributed by atoms with Crippen molar-refractivity contribution in [3.05, 3.63) is 120 Å². The number of nitrogens with two attached hydrogens (primary N) is 1. The third-order valence-electron chi connectivity index (χ3n) is 8.79. The van der Waals surface area contributed by atoms with E-state index in [1.165, 1.54) is 18.5 Å². The van der Waals surface area contributed by atoms with Crippen molar-refractivity contribution >= 4 is 45.5 Å². The number of H-pyrrole nitrogens is 3. The maximum Gasteiger partial charge on any atom is 0.326 e. The minimum atomic E-state index is -1.32. The van der Waals surface area contributed by atoms with Gasteiger partial charge in [-0.2, -0.15) is 0 Å². The number of imidazole rings is 1. The Morgan fingerprint density at radius 3 is 1.76 bits per heavy atom. The van der Waals surface area contributed by atoms with Crippen molar-refractivity contribution in [2.75, 3.05) is 0 Å². The fraction of sp³-hybridized carbons (Fsp3) is 0.216. The molecule has 3 aromatic heterocycles. The minimum Gasteiger partial charge on any atom is -0.508 e. The van der Waals surface area contributed by atoms with Crippen molar-refractivity contribution in [3.8, 4) is 5.75 Å². The number of hydrogen-bond acceptors (Lipinski definition) is 7. The Hall–Kier alpha value is -6.41. The molecular weight excluding hydrogens is 652 g/mol. The number of rotatable bonds is 15. The summed E-state index contributed by atoms with van der Waals surface area (Å²) in [6, 6.07) is 16.3. The molecule has 0 aliphatic heterocycles. The summed E-state index contributed by atoms with van der Waals surface area (Å²) in [5.41, 5.74) is 10.6. The summed E-state index contributed by atoms with van der Waals surface area (Å²) >= 11 is 0. The number of benzene rings is 3. The molecule has 0 fully saturated rings. The summed E-state index contributed by atoms with van der Waals surface area (Å²) in [7, 11) is 0.